The predicted octanol–water partition coefficient (Wildman–Crippen LogP) is 2.16. The maximum absolute atomic E-state index is 10.5. The molecule has 1 aromatic carbocycles. The van der Waals surface area contributed by atoms with Gasteiger partial charge < -0.3 is 19.4 Å². The topological polar surface area (TPSA) is 108 Å². The molecule has 8 nitrogen and oxygen atoms in total. The number of carboxylic acids is 1. The average molecular weight is 311 g/mol. The Morgan fingerprint density at radius 2 is 2.05 bits per heavy atom. The molecule has 0 aromatic heterocycles. The van der Waals surface area contributed by atoms with E-state index >= 15 is 0 Å². The molecule has 8 heteroatoms. The lowest BCUT2D eigenvalue weighted by atomic mass is 10.2. The van der Waals surface area contributed by atoms with Gasteiger partial charge in [0.15, 0.2) is 11.5 Å². The lowest BCUT2D eigenvalue weighted by Gasteiger charge is -2.11. The molecule has 1 N–H and O–H groups in total. The SMILES string of the molecule is COc1cc(/C=C/C(=O)O)ccc1OCCCCO[N+](=O)[O-]. The van der Waals surface area contributed by atoms with Crippen LogP contribution in [0.15, 0.2) is 24.3 Å². The first-order chi connectivity index (χ1) is 10.5. The summed E-state index contributed by atoms with van der Waals surface area (Å²) in [7, 11) is 1.48. The minimum absolute atomic E-state index is 0.0341. The number of hydrogen-bond acceptors (Lipinski definition) is 6. The minimum atomic E-state index is -1.03. The quantitative estimate of drug-likeness (QED) is 0.305. The summed E-state index contributed by atoms with van der Waals surface area (Å²) in [5.74, 6) is -0.0320. The summed E-state index contributed by atoms with van der Waals surface area (Å²) < 4.78 is 10.7. The van der Waals surface area contributed by atoms with Crippen LogP contribution in [0.1, 0.15) is 18.4 Å². The number of benzene rings is 1. The first-order valence-corrected chi connectivity index (χ1v) is 6.52. The van der Waals surface area contributed by atoms with E-state index in [0.29, 0.717) is 36.5 Å². The van der Waals surface area contributed by atoms with Crippen LogP contribution < -0.4 is 9.47 Å². The summed E-state index contributed by atoms with van der Waals surface area (Å²) in [4.78, 5) is 24.6. The largest absolute Gasteiger partial charge is 0.493 e. The van der Waals surface area contributed by atoms with Gasteiger partial charge >= 0.3 is 5.97 Å². The molecule has 0 spiro atoms. The van der Waals surface area contributed by atoms with Crippen molar-refractivity contribution in [3.8, 4) is 11.5 Å². The van der Waals surface area contributed by atoms with Gasteiger partial charge in [-0.25, -0.2) is 4.79 Å². The second kappa shape index (κ2) is 9.22. The van der Waals surface area contributed by atoms with Crippen molar-refractivity contribution in [3.05, 3.63) is 40.0 Å². The zero-order chi connectivity index (χ0) is 16.4. The van der Waals surface area contributed by atoms with Gasteiger partial charge in [0.2, 0.25) is 0 Å². The van der Waals surface area contributed by atoms with Gasteiger partial charge in [-0.15, -0.1) is 10.1 Å². The van der Waals surface area contributed by atoms with Gasteiger partial charge in [-0.05, 0) is 36.6 Å². The molecular weight excluding hydrogens is 294 g/mol. The lowest BCUT2D eigenvalue weighted by molar-refractivity contribution is -0.757. The van der Waals surface area contributed by atoms with E-state index in [1.807, 2.05) is 0 Å². The fourth-order valence-corrected chi connectivity index (χ4v) is 1.60. The van der Waals surface area contributed by atoms with E-state index in [9.17, 15) is 14.9 Å². The van der Waals surface area contributed by atoms with Gasteiger partial charge in [0.25, 0.3) is 5.09 Å². The van der Waals surface area contributed by atoms with Crippen molar-refractivity contribution in [1.29, 1.82) is 0 Å². The molecule has 0 radical (unpaired) electrons. The monoisotopic (exact) mass is 311 g/mol. The van der Waals surface area contributed by atoms with E-state index in [1.165, 1.54) is 13.2 Å². The Morgan fingerprint density at radius 1 is 1.32 bits per heavy atom. The number of aliphatic carboxylic acids is 1. The number of carbonyl (C=O) groups is 1. The number of nitrogens with zero attached hydrogens (tertiary/aromatic N) is 1. The van der Waals surface area contributed by atoms with Crippen LogP contribution in [0.4, 0.5) is 0 Å². The number of rotatable bonds is 10. The Kier molecular flexibility index (Phi) is 7.24. The first-order valence-electron chi connectivity index (χ1n) is 6.52. The zero-order valence-corrected chi connectivity index (χ0v) is 12.1. The Balaban J connectivity index is 2.49. The molecule has 0 fully saturated rings. The third kappa shape index (κ3) is 6.60. The number of unbranched alkanes of at least 4 members (excludes halogenated alkanes) is 1. The Morgan fingerprint density at radius 3 is 2.68 bits per heavy atom. The van der Waals surface area contributed by atoms with Crippen LogP contribution in [-0.4, -0.2) is 36.5 Å². The molecule has 0 heterocycles. The second-order valence-corrected chi connectivity index (χ2v) is 4.19. The van der Waals surface area contributed by atoms with E-state index in [-0.39, 0.29) is 6.61 Å². The van der Waals surface area contributed by atoms with Crippen LogP contribution in [0.3, 0.4) is 0 Å². The maximum atomic E-state index is 10.5. The van der Waals surface area contributed by atoms with Crippen LogP contribution in [0.2, 0.25) is 0 Å². The highest BCUT2D eigenvalue weighted by atomic mass is 16.9. The lowest BCUT2D eigenvalue weighted by Crippen LogP contribution is -2.05. The molecule has 0 aliphatic rings. The van der Waals surface area contributed by atoms with Gasteiger partial charge in [0, 0.05) is 6.08 Å². The predicted molar refractivity (Wildman–Crippen MR) is 77.3 cm³/mol. The van der Waals surface area contributed by atoms with E-state index < -0.39 is 11.1 Å². The van der Waals surface area contributed by atoms with Crippen molar-refractivity contribution in [2.45, 2.75) is 12.8 Å². The van der Waals surface area contributed by atoms with Gasteiger partial charge in [-0.2, -0.15) is 0 Å². The smallest absolute Gasteiger partial charge is 0.328 e. The normalized spacial score (nSPS) is 10.4. The minimum Gasteiger partial charge on any atom is -0.493 e. The number of ether oxygens (including phenoxy) is 2. The third-order valence-corrected chi connectivity index (χ3v) is 2.60. The van der Waals surface area contributed by atoms with Crippen LogP contribution in [-0.2, 0) is 9.63 Å². The van der Waals surface area contributed by atoms with Crippen molar-refractivity contribution in [3.63, 3.8) is 0 Å². The Bertz CT molecular complexity index is 542. The Labute approximate surface area is 127 Å². The van der Waals surface area contributed by atoms with Gasteiger partial charge in [0.1, 0.15) is 0 Å². The molecule has 120 valence electrons. The molecule has 0 unspecified atom stereocenters. The van der Waals surface area contributed by atoms with Crippen LogP contribution in [0.5, 0.6) is 11.5 Å². The average Bonchev–Trinajstić information content (AvgIpc) is 2.48. The summed E-state index contributed by atoms with van der Waals surface area (Å²) >= 11 is 0. The fraction of sp³-hybridized carbons (Fsp3) is 0.357. The first kappa shape index (κ1) is 17.3. The van der Waals surface area contributed by atoms with Gasteiger partial charge in [0.05, 0.1) is 20.3 Å². The summed E-state index contributed by atoms with van der Waals surface area (Å²) in [6.45, 7) is 0.397. The molecule has 0 aliphatic carbocycles. The molecule has 22 heavy (non-hydrogen) atoms. The fourth-order valence-electron chi connectivity index (χ4n) is 1.60. The van der Waals surface area contributed by atoms with Crippen molar-refractivity contribution >= 4 is 12.0 Å². The van der Waals surface area contributed by atoms with Crippen molar-refractivity contribution < 1.29 is 29.3 Å². The zero-order valence-electron chi connectivity index (χ0n) is 12.1. The summed E-state index contributed by atoms with van der Waals surface area (Å²) in [5.41, 5.74) is 0.672. The van der Waals surface area contributed by atoms with E-state index in [4.69, 9.17) is 14.6 Å². The molecule has 1 rings (SSSR count). The van der Waals surface area contributed by atoms with Crippen molar-refractivity contribution in [1.82, 2.24) is 0 Å². The number of carboxylic acid groups (broad SMARTS) is 1. The molecule has 0 aliphatic heterocycles. The van der Waals surface area contributed by atoms with Gasteiger partial charge in [-0.3, -0.25) is 0 Å². The van der Waals surface area contributed by atoms with E-state index in [1.54, 1.807) is 18.2 Å². The second-order valence-electron chi connectivity index (χ2n) is 4.19. The Hall–Kier alpha value is -2.77. The maximum Gasteiger partial charge on any atom is 0.328 e. The van der Waals surface area contributed by atoms with Gasteiger partial charge in [-0.1, -0.05) is 6.07 Å². The van der Waals surface area contributed by atoms with Crippen molar-refractivity contribution in [2.75, 3.05) is 20.3 Å². The summed E-state index contributed by atoms with van der Waals surface area (Å²) in [6, 6.07) is 5.03. The van der Waals surface area contributed by atoms with Crippen molar-refractivity contribution in [2.24, 2.45) is 0 Å². The highest BCUT2D eigenvalue weighted by Crippen LogP contribution is 2.28. The molecule has 0 amide bonds. The standard InChI is InChI=1S/C14H17NO7/c1-20-13-10-11(5-7-14(16)17)4-6-12(13)21-8-2-3-9-22-15(18)19/h4-7,10H,2-3,8-9H2,1H3,(H,16,17)/b7-5+. The van der Waals surface area contributed by atoms with E-state index in [2.05, 4.69) is 4.84 Å². The highest BCUT2D eigenvalue weighted by molar-refractivity contribution is 5.85. The third-order valence-electron chi connectivity index (χ3n) is 2.60. The number of hydrogen-bond donors (Lipinski definition) is 1. The molecule has 0 saturated heterocycles. The molecular formula is C14H17NO7. The number of methoxy groups -OCH3 is 1. The van der Waals surface area contributed by atoms with Crippen LogP contribution in [0, 0.1) is 10.1 Å². The highest BCUT2D eigenvalue weighted by Gasteiger charge is 2.05. The summed E-state index contributed by atoms with van der Waals surface area (Å²) in [5, 5.41) is 17.7. The molecule has 0 saturated carbocycles. The molecule has 0 atom stereocenters. The van der Waals surface area contributed by atoms with Crippen LogP contribution >= 0.6 is 0 Å². The van der Waals surface area contributed by atoms with Crippen LogP contribution in [0.25, 0.3) is 6.08 Å². The molecule has 1 aromatic rings. The van der Waals surface area contributed by atoms with E-state index in [0.717, 1.165) is 6.08 Å². The summed E-state index contributed by atoms with van der Waals surface area (Å²) in [6.07, 6.45) is 3.58. The molecule has 0 bridgehead atoms.